The largest absolute Gasteiger partial charge is 0.435 e. The summed E-state index contributed by atoms with van der Waals surface area (Å²) in [5.74, 6) is -3.13. The number of aliphatic hydroxyl groups is 1. The molecule has 0 aromatic heterocycles. The number of hydrogen-bond donors (Lipinski definition) is 1. The Hall–Kier alpha value is -1.34. The van der Waals surface area contributed by atoms with E-state index in [1.165, 1.54) is 0 Å². The highest BCUT2D eigenvalue weighted by molar-refractivity contribution is 5.31. The van der Waals surface area contributed by atoms with Gasteiger partial charge in [-0.1, -0.05) is 0 Å². The molecule has 0 aliphatic carbocycles. The number of hydrogen-bond acceptors (Lipinski definition) is 3. The molecule has 16 heavy (non-hydrogen) atoms. The number of rotatable bonds is 4. The van der Waals surface area contributed by atoms with Gasteiger partial charge in [-0.2, -0.15) is 8.78 Å². The van der Waals surface area contributed by atoms with E-state index in [2.05, 4.69) is 9.47 Å². The minimum absolute atomic E-state index is 0.535. The molecule has 90 valence electrons. The maximum Gasteiger partial charge on any atom is 0.387 e. The van der Waals surface area contributed by atoms with Crippen molar-refractivity contribution < 1.29 is 32.1 Å². The van der Waals surface area contributed by atoms with Gasteiger partial charge in [-0.25, -0.2) is 8.78 Å². The van der Waals surface area contributed by atoms with Crippen molar-refractivity contribution in [3.63, 3.8) is 0 Å². The lowest BCUT2D eigenvalue weighted by molar-refractivity contribution is -0.0815. The Labute approximate surface area is 88.2 Å². The number of halogens is 4. The monoisotopic (exact) mass is 240 g/mol. The smallest absolute Gasteiger partial charge is 0.387 e. The van der Waals surface area contributed by atoms with Crippen LogP contribution in [-0.2, 0) is 4.74 Å². The topological polar surface area (TPSA) is 38.7 Å². The van der Waals surface area contributed by atoms with Gasteiger partial charge >= 0.3 is 6.61 Å². The van der Waals surface area contributed by atoms with Gasteiger partial charge in [0.2, 0.25) is 0 Å². The first-order valence-electron chi connectivity index (χ1n) is 4.10. The molecule has 0 radical (unpaired) electrons. The number of ether oxygens (including phenoxy) is 2. The average Bonchev–Trinajstić information content (AvgIpc) is 2.15. The third-order valence-corrected chi connectivity index (χ3v) is 1.75. The zero-order valence-electron chi connectivity index (χ0n) is 8.08. The molecule has 0 amide bonds. The van der Waals surface area contributed by atoms with Gasteiger partial charge in [0.15, 0.2) is 6.29 Å². The Kier molecular flexibility index (Phi) is 4.08. The van der Waals surface area contributed by atoms with E-state index >= 15 is 0 Å². The summed E-state index contributed by atoms with van der Waals surface area (Å²) in [5.41, 5.74) is -0.760. The Bertz CT molecular complexity index is 347. The number of alkyl halides is 2. The summed E-state index contributed by atoms with van der Waals surface area (Å²) in [5, 5.41) is 9.07. The van der Waals surface area contributed by atoms with E-state index in [1.807, 2.05) is 0 Å². The van der Waals surface area contributed by atoms with Gasteiger partial charge < -0.3 is 14.6 Å². The van der Waals surface area contributed by atoms with Gasteiger partial charge in [-0.05, 0) is 0 Å². The van der Waals surface area contributed by atoms with Gasteiger partial charge in [0.1, 0.15) is 17.4 Å². The molecular weight excluding hydrogens is 232 g/mol. The predicted octanol–water partition coefficient (Wildman–Crippen LogP) is 2.20. The third kappa shape index (κ3) is 2.83. The van der Waals surface area contributed by atoms with Crippen LogP contribution in [0.15, 0.2) is 12.1 Å². The van der Waals surface area contributed by atoms with Crippen LogP contribution in [-0.4, -0.2) is 18.8 Å². The van der Waals surface area contributed by atoms with Crippen LogP contribution in [0.5, 0.6) is 5.75 Å². The Morgan fingerprint density at radius 2 is 1.69 bits per heavy atom. The lowest BCUT2D eigenvalue weighted by Gasteiger charge is -2.12. The Morgan fingerprint density at radius 1 is 1.19 bits per heavy atom. The molecule has 0 bridgehead atoms. The van der Waals surface area contributed by atoms with Crippen molar-refractivity contribution in [3.05, 3.63) is 29.3 Å². The second-order valence-corrected chi connectivity index (χ2v) is 2.77. The van der Waals surface area contributed by atoms with Gasteiger partial charge in [-0.3, -0.25) is 0 Å². The normalized spacial score (nSPS) is 12.9. The molecule has 0 saturated heterocycles. The zero-order chi connectivity index (χ0) is 12.3. The van der Waals surface area contributed by atoms with E-state index < -0.39 is 35.8 Å². The van der Waals surface area contributed by atoms with Crippen LogP contribution in [0.1, 0.15) is 11.9 Å². The minimum Gasteiger partial charge on any atom is -0.435 e. The Morgan fingerprint density at radius 3 is 2.06 bits per heavy atom. The lowest BCUT2D eigenvalue weighted by atomic mass is 10.2. The minimum atomic E-state index is -3.18. The third-order valence-electron chi connectivity index (χ3n) is 1.75. The van der Waals surface area contributed by atoms with E-state index in [0.717, 1.165) is 7.11 Å². The second kappa shape index (κ2) is 5.13. The molecule has 1 aromatic rings. The molecule has 1 aromatic carbocycles. The van der Waals surface area contributed by atoms with Crippen LogP contribution in [0, 0.1) is 11.6 Å². The van der Waals surface area contributed by atoms with E-state index in [9.17, 15) is 17.6 Å². The summed E-state index contributed by atoms with van der Waals surface area (Å²) in [6.45, 7) is -3.18. The zero-order valence-corrected chi connectivity index (χ0v) is 8.08. The molecule has 7 heteroatoms. The van der Waals surface area contributed by atoms with Crippen LogP contribution in [0.25, 0.3) is 0 Å². The molecule has 1 unspecified atom stereocenters. The number of benzene rings is 1. The fourth-order valence-corrected chi connectivity index (χ4v) is 1.09. The second-order valence-electron chi connectivity index (χ2n) is 2.77. The molecule has 0 fully saturated rings. The number of methoxy groups -OCH3 is 1. The van der Waals surface area contributed by atoms with Crippen molar-refractivity contribution in [2.45, 2.75) is 12.9 Å². The maximum atomic E-state index is 13.2. The first kappa shape index (κ1) is 12.7. The molecule has 0 aliphatic rings. The van der Waals surface area contributed by atoms with Crippen molar-refractivity contribution >= 4 is 0 Å². The van der Waals surface area contributed by atoms with E-state index in [1.54, 1.807) is 0 Å². The quantitative estimate of drug-likeness (QED) is 0.647. The van der Waals surface area contributed by atoms with Gasteiger partial charge in [0.05, 0.1) is 5.56 Å². The SMILES string of the molecule is COC(O)c1c(F)cc(OC(F)F)cc1F. The summed E-state index contributed by atoms with van der Waals surface area (Å²) in [6.07, 6.45) is -1.80. The summed E-state index contributed by atoms with van der Waals surface area (Å²) in [7, 11) is 1.03. The number of aliphatic hydroxyl groups excluding tert-OH is 1. The fourth-order valence-electron chi connectivity index (χ4n) is 1.09. The molecule has 3 nitrogen and oxygen atoms in total. The van der Waals surface area contributed by atoms with E-state index in [-0.39, 0.29) is 0 Å². The highest BCUT2D eigenvalue weighted by Gasteiger charge is 2.20. The van der Waals surface area contributed by atoms with Crippen LogP contribution < -0.4 is 4.74 Å². The molecular formula is C9H8F4O3. The van der Waals surface area contributed by atoms with E-state index in [4.69, 9.17) is 5.11 Å². The van der Waals surface area contributed by atoms with Crippen molar-refractivity contribution in [1.29, 1.82) is 0 Å². The highest BCUT2D eigenvalue weighted by atomic mass is 19.3. The summed E-state index contributed by atoms with van der Waals surface area (Å²) < 4.78 is 58.0. The molecule has 1 rings (SSSR count). The fraction of sp³-hybridized carbons (Fsp3) is 0.333. The van der Waals surface area contributed by atoms with Crippen LogP contribution in [0.2, 0.25) is 0 Å². The van der Waals surface area contributed by atoms with Crippen molar-refractivity contribution in [3.8, 4) is 5.75 Å². The Balaban J connectivity index is 3.07. The molecule has 0 aliphatic heterocycles. The predicted molar refractivity (Wildman–Crippen MR) is 45.0 cm³/mol. The van der Waals surface area contributed by atoms with Crippen molar-refractivity contribution in [2.75, 3.05) is 7.11 Å². The van der Waals surface area contributed by atoms with Crippen LogP contribution in [0.4, 0.5) is 17.6 Å². The van der Waals surface area contributed by atoms with Crippen molar-refractivity contribution in [1.82, 2.24) is 0 Å². The first-order valence-corrected chi connectivity index (χ1v) is 4.10. The maximum absolute atomic E-state index is 13.2. The lowest BCUT2D eigenvalue weighted by Crippen LogP contribution is -2.08. The molecule has 1 N–H and O–H groups in total. The highest BCUT2D eigenvalue weighted by Crippen LogP contribution is 2.26. The molecule has 1 atom stereocenters. The standard InChI is InChI=1S/C9H8F4O3/c1-15-8(14)7-5(10)2-4(3-6(7)11)16-9(12)13/h2-3,8-9,14H,1H3. The van der Waals surface area contributed by atoms with Gasteiger partial charge in [-0.15, -0.1) is 0 Å². The van der Waals surface area contributed by atoms with Gasteiger partial charge in [0.25, 0.3) is 0 Å². The summed E-state index contributed by atoms with van der Waals surface area (Å²) >= 11 is 0. The molecule has 0 saturated carbocycles. The van der Waals surface area contributed by atoms with E-state index in [0.29, 0.717) is 12.1 Å². The van der Waals surface area contributed by atoms with Gasteiger partial charge in [0, 0.05) is 19.2 Å². The average molecular weight is 240 g/mol. The molecule has 0 spiro atoms. The van der Waals surface area contributed by atoms with Crippen LogP contribution >= 0.6 is 0 Å². The van der Waals surface area contributed by atoms with Crippen molar-refractivity contribution in [2.24, 2.45) is 0 Å². The first-order chi connectivity index (χ1) is 7.45. The summed E-state index contributed by atoms with van der Waals surface area (Å²) in [4.78, 5) is 0. The molecule has 0 heterocycles. The summed E-state index contributed by atoms with van der Waals surface area (Å²) in [6, 6.07) is 1.07. The van der Waals surface area contributed by atoms with Crippen LogP contribution in [0.3, 0.4) is 0 Å².